The van der Waals surface area contributed by atoms with Gasteiger partial charge in [0.05, 0.1) is 5.69 Å². The van der Waals surface area contributed by atoms with Crippen molar-refractivity contribution >= 4 is 0 Å². The lowest BCUT2D eigenvalue weighted by molar-refractivity contribution is 0.474. The summed E-state index contributed by atoms with van der Waals surface area (Å²) >= 11 is 0. The normalized spacial score (nSPS) is 10.5. The van der Waals surface area contributed by atoms with Crippen LogP contribution in [0.4, 0.5) is 4.39 Å². The Bertz CT molecular complexity index is 558. The van der Waals surface area contributed by atoms with Crippen molar-refractivity contribution in [3.05, 3.63) is 53.6 Å². The molecule has 0 spiro atoms. The Hall–Kier alpha value is -1.94. The third kappa shape index (κ3) is 3.76. The fraction of sp³-hybridized carbons (Fsp3) is 0.267. The van der Waals surface area contributed by atoms with E-state index in [2.05, 4.69) is 10.3 Å². The minimum Gasteiger partial charge on any atom is -0.457 e. The van der Waals surface area contributed by atoms with E-state index in [9.17, 15) is 4.39 Å². The van der Waals surface area contributed by atoms with Crippen LogP contribution in [0.3, 0.4) is 0 Å². The molecule has 3 nitrogen and oxygen atoms in total. The minimum absolute atomic E-state index is 0.264. The van der Waals surface area contributed by atoms with Crippen LogP contribution in [0.2, 0.25) is 0 Å². The number of pyridine rings is 1. The van der Waals surface area contributed by atoms with Crippen LogP contribution in [0.1, 0.15) is 18.2 Å². The molecular weight excluding hydrogens is 243 g/mol. The van der Waals surface area contributed by atoms with E-state index in [1.165, 1.54) is 6.07 Å². The van der Waals surface area contributed by atoms with Crippen molar-refractivity contribution in [1.82, 2.24) is 10.3 Å². The Kier molecular flexibility index (Phi) is 4.47. The standard InChI is InChI=1S/C15H17FN2O/c1-3-17-10-12-8-14(6-7-18-12)19-13-5-4-11(2)15(16)9-13/h4-9,17H,3,10H2,1-2H3. The highest BCUT2D eigenvalue weighted by Gasteiger charge is 2.03. The van der Waals surface area contributed by atoms with Gasteiger partial charge in [0, 0.05) is 24.9 Å². The number of aryl methyl sites for hydroxylation is 1. The Morgan fingerprint density at radius 3 is 2.74 bits per heavy atom. The largest absolute Gasteiger partial charge is 0.457 e. The molecule has 0 aliphatic rings. The maximum Gasteiger partial charge on any atom is 0.130 e. The van der Waals surface area contributed by atoms with Gasteiger partial charge in [-0.15, -0.1) is 0 Å². The number of hydrogen-bond acceptors (Lipinski definition) is 3. The Morgan fingerprint density at radius 1 is 1.21 bits per heavy atom. The number of rotatable bonds is 5. The first-order chi connectivity index (χ1) is 9.19. The van der Waals surface area contributed by atoms with Gasteiger partial charge in [0.15, 0.2) is 0 Å². The number of halogens is 1. The summed E-state index contributed by atoms with van der Waals surface area (Å²) in [6, 6.07) is 8.45. The number of nitrogens with one attached hydrogen (secondary N) is 1. The monoisotopic (exact) mass is 260 g/mol. The Morgan fingerprint density at radius 2 is 2.00 bits per heavy atom. The molecule has 1 N–H and O–H groups in total. The second-order valence-electron chi connectivity index (χ2n) is 4.28. The van der Waals surface area contributed by atoms with Crippen LogP contribution in [0.5, 0.6) is 11.5 Å². The molecule has 0 fully saturated rings. The van der Waals surface area contributed by atoms with Crippen molar-refractivity contribution in [2.75, 3.05) is 6.54 Å². The summed E-state index contributed by atoms with van der Waals surface area (Å²) in [5.74, 6) is 0.884. The SMILES string of the molecule is CCNCc1cc(Oc2ccc(C)c(F)c2)ccn1. The smallest absolute Gasteiger partial charge is 0.130 e. The molecule has 0 saturated carbocycles. The topological polar surface area (TPSA) is 34.1 Å². The summed E-state index contributed by atoms with van der Waals surface area (Å²) in [7, 11) is 0. The lowest BCUT2D eigenvalue weighted by Gasteiger charge is -2.08. The summed E-state index contributed by atoms with van der Waals surface area (Å²) in [6.45, 7) is 5.33. The number of nitrogens with zero attached hydrogens (tertiary/aromatic N) is 1. The molecule has 2 aromatic rings. The molecule has 100 valence electrons. The van der Waals surface area contributed by atoms with Crippen LogP contribution in [-0.2, 0) is 6.54 Å². The first-order valence-corrected chi connectivity index (χ1v) is 6.28. The van der Waals surface area contributed by atoms with Crippen molar-refractivity contribution in [1.29, 1.82) is 0 Å². The molecule has 2 rings (SSSR count). The molecule has 0 aliphatic carbocycles. The first kappa shape index (κ1) is 13.5. The lowest BCUT2D eigenvalue weighted by atomic mass is 10.2. The zero-order valence-electron chi connectivity index (χ0n) is 11.1. The first-order valence-electron chi connectivity index (χ1n) is 6.28. The van der Waals surface area contributed by atoms with Crippen molar-refractivity contribution in [2.45, 2.75) is 20.4 Å². The highest BCUT2D eigenvalue weighted by atomic mass is 19.1. The predicted molar refractivity (Wildman–Crippen MR) is 72.8 cm³/mol. The van der Waals surface area contributed by atoms with Crippen molar-refractivity contribution in [2.24, 2.45) is 0 Å². The Balaban J connectivity index is 2.11. The minimum atomic E-state index is -0.264. The maximum atomic E-state index is 13.4. The molecule has 1 heterocycles. The van der Waals surface area contributed by atoms with Crippen molar-refractivity contribution in [3.8, 4) is 11.5 Å². The second-order valence-corrected chi connectivity index (χ2v) is 4.28. The van der Waals surface area contributed by atoms with Crippen LogP contribution in [0.25, 0.3) is 0 Å². The number of ether oxygens (including phenoxy) is 1. The van der Waals surface area contributed by atoms with E-state index >= 15 is 0 Å². The van der Waals surface area contributed by atoms with Gasteiger partial charge >= 0.3 is 0 Å². The van der Waals surface area contributed by atoms with Gasteiger partial charge in [0.1, 0.15) is 17.3 Å². The van der Waals surface area contributed by atoms with E-state index in [1.807, 2.05) is 13.0 Å². The van der Waals surface area contributed by atoms with E-state index in [4.69, 9.17) is 4.74 Å². The molecule has 4 heteroatoms. The molecule has 0 saturated heterocycles. The molecule has 0 atom stereocenters. The summed E-state index contributed by atoms with van der Waals surface area (Å²) in [5.41, 5.74) is 1.50. The van der Waals surface area contributed by atoms with Crippen LogP contribution in [-0.4, -0.2) is 11.5 Å². The number of aromatic nitrogens is 1. The van der Waals surface area contributed by atoms with Gasteiger partial charge in [-0.2, -0.15) is 0 Å². The number of hydrogen-bond donors (Lipinski definition) is 1. The zero-order chi connectivity index (χ0) is 13.7. The zero-order valence-corrected chi connectivity index (χ0v) is 11.1. The molecule has 0 amide bonds. The summed E-state index contributed by atoms with van der Waals surface area (Å²) in [4.78, 5) is 4.23. The van der Waals surface area contributed by atoms with Crippen LogP contribution >= 0.6 is 0 Å². The second kappa shape index (κ2) is 6.29. The lowest BCUT2D eigenvalue weighted by Crippen LogP contribution is -2.12. The molecule has 0 bridgehead atoms. The number of benzene rings is 1. The van der Waals surface area contributed by atoms with E-state index in [-0.39, 0.29) is 5.82 Å². The summed E-state index contributed by atoms with van der Waals surface area (Å²) < 4.78 is 19.1. The molecule has 19 heavy (non-hydrogen) atoms. The third-order valence-electron chi connectivity index (χ3n) is 2.72. The molecular formula is C15H17FN2O. The van der Waals surface area contributed by atoms with E-state index in [1.54, 1.807) is 31.3 Å². The molecule has 1 aromatic heterocycles. The van der Waals surface area contributed by atoms with Crippen LogP contribution in [0, 0.1) is 12.7 Å². The molecule has 0 aliphatic heterocycles. The fourth-order valence-corrected chi connectivity index (χ4v) is 1.64. The molecule has 0 unspecified atom stereocenters. The van der Waals surface area contributed by atoms with Gasteiger partial charge in [0.25, 0.3) is 0 Å². The molecule has 0 radical (unpaired) electrons. The van der Waals surface area contributed by atoms with Crippen molar-refractivity contribution < 1.29 is 9.13 Å². The van der Waals surface area contributed by atoms with Gasteiger partial charge in [-0.1, -0.05) is 13.0 Å². The van der Waals surface area contributed by atoms with Gasteiger partial charge in [0.2, 0.25) is 0 Å². The fourth-order valence-electron chi connectivity index (χ4n) is 1.64. The van der Waals surface area contributed by atoms with Gasteiger partial charge < -0.3 is 10.1 Å². The quantitative estimate of drug-likeness (QED) is 0.894. The van der Waals surface area contributed by atoms with Crippen LogP contribution < -0.4 is 10.1 Å². The predicted octanol–water partition coefficient (Wildman–Crippen LogP) is 3.43. The van der Waals surface area contributed by atoms with E-state index in [0.717, 1.165) is 12.2 Å². The maximum absolute atomic E-state index is 13.4. The third-order valence-corrected chi connectivity index (χ3v) is 2.72. The van der Waals surface area contributed by atoms with Gasteiger partial charge in [-0.25, -0.2) is 4.39 Å². The summed E-state index contributed by atoms with van der Waals surface area (Å²) in [5, 5.41) is 3.19. The van der Waals surface area contributed by atoms with Gasteiger partial charge in [-0.3, -0.25) is 4.98 Å². The average Bonchev–Trinajstić information content (AvgIpc) is 2.41. The van der Waals surface area contributed by atoms with Gasteiger partial charge in [-0.05, 0) is 31.2 Å². The Labute approximate surface area is 112 Å². The highest BCUT2D eigenvalue weighted by molar-refractivity contribution is 5.33. The highest BCUT2D eigenvalue weighted by Crippen LogP contribution is 2.23. The van der Waals surface area contributed by atoms with Crippen LogP contribution in [0.15, 0.2) is 36.5 Å². The van der Waals surface area contributed by atoms with E-state index < -0.39 is 0 Å². The average molecular weight is 260 g/mol. The van der Waals surface area contributed by atoms with Crippen molar-refractivity contribution in [3.63, 3.8) is 0 Å². The summed E-state index contributed by atoms with van der Waals surface area (Å²) in [6.07, 6.45) is 1.69. The molecule has 1 aromatic carbocycles. The van der Waals surface area contributed by atoms with E-state index in [0.29, 0.717) is 23.6 Å².